The largest absolute Gasteiger partial charge is 0.375 e. The van der Waals surface area contributed by atoms with E-state index in [0.29, 0.717) is 29.7 Å². The molecule has 1 heterocycles. The number of hydrazone groups is 1. The summed E-state index contributed by atoms with van der Waals surface area (Å²) in [5.41, 5.74) is 8.65. The molecule has 1 aliphatic heterocycles. The van der Waals surface area contributed by atoms with Crippen LogP contribution in [0.25, 0.3) is 0 Å². The molecule has 0 saturated carbocycles. The van der Waals surface area contributed by atoms with Crippen LogP contribution in [0.5, 0.6) is 0 Å². The molecule has 0 spiro atoms. The average molecular weight is 472 g/mol. The van der Waals surface area contributed by atoms with Crippen LogP contribution < -0.4 is 21.4 Å². The smallest absolute Gasteiger partial charge is 0.184 e. The Bertz CT molecular complexity index is 929. The Morgan fingerprint density at radius 1 is 1.20 bits per heavy atom. The minimum atomic E-state index is -0.575. The van der Waals surface area contributed by atoms with E-state index in [1.807, 2.05) is 4.90 Å². The third-order valence-electron chi connectivity index (χ3n) is 4.91. The standard InChI is InChI=1S/C20H21Cl2F2N5S/c21-15-2-1-3-16(22)14(15)11-26-13-4-6-29(7-5-13)19-9-17(23)12(8-18(19)24)10-27-28-20(25)30/h1-3,8-10,13,26H,4-7,11H2,(H3,25,28,30)/b27-10+. The Balaban J connectivity index is 1.59. The number of nitrogens with one attached hydrogen (secondary N) is 2. The minimum absolute atomic E-state index is 0.00757. The molecule has 3 rings (SSSR count). The number of hydrogen-bond acceptors (Lipinski definition) is 4. The second-order valence-corrected chi connectivity index (χ2v) is 8.16. The van der Waals surface area contributed by atoms with Gasteiger partial charge in [-0.05, 0) is 43.3 Å². The molecule has 0 radical (unpaired) electrons. The van der Waals surface area contributed by atoms with Crippen molar-refractivity contribution in [2.75, 3.05) is 18.0 Å². The zero-order chi connectivity index (χ0) is 21.7. The van der Waals surface area contributed by atoms with Gasteiger partial charge in [0.2, 0.25) is 0 Å². The summed E-state index contributed by atoms with van der Waals surface area (Å²) in [5, 5.41) is 8.30. The van der Waals surface area contributed by atoms with Crippen molar-refractivity contribution in [2.24, 2.45) is 10.8 Å². The van der Waals surface area contributed by atoms with Crippen molar-refractivity contribution in [3.8, 4) is 0 Å². The van der Waals surface area contributed by atoms with E-state index < -0.39 is 11.6 Å². The fraction of sp³-hybridized carbons (Fsp3) is 0.300. The Hall–Kier alpha value is -2.00. The maximum atomic E-state index is 14.6. The van der Waals surface area contributed by atoms with Gasteiger partial charge in [0, 0.05) is 52.9 Å². The van der Waals surface area contributed by atoms with Crippen molar-refractivity contribution in [1.82, 2.24) is 10.7 Å². The highest BCUT2D eigenvalue weighted by atomic mass is 35.5. The van der Waals surface area contributed by atoms with Gasteiger partial charge in [0.1, 0.15) is 11.6 Å². The summed E-state index contributed by atoms with van der Waals surface area (Å²) in [4.78, 5) is 1.84. The summed E-state index contributed by atoms with van der Waals surface area (Å²) in [6.07, 6.45) is 2.70. The van der Waals surface area contributed by atoms with Gasteiger partial charge in [-0.1, -0.05) is 29.3 Å². The van der Waals surface area contributed by atoms with Crippen molar-refractivity contribution in [3.63, 3.8) is 0 Å². The summed E-state index contributed by atoms with van der Waals surface area (Å²) < 4.78 is 28.9. The maximum absolute atomic E-state index is 14.6. The third kappa shape index (κ3) is 5.78. The molecule has 0 atom stereocenters. The monoisotopic (exact) mass is 471 g/mol. The summed E-state index contributed by atoms with van der Waals surface area (Å²) >= 11 is 17.0. The molecule has 0 aliphatic carbocycles. The molecule has 1 saturated heterocycles. The lowest BCUT2D eigenvalue weighted by atomic mass is 10.0. The van der Waals surface area contributed by atoms with Gasteiger partial charge in [-0.15, -0.1) is 0 Å². The number of anilines is 1. The molecule has 0 unspecified atom stereocenters. The van der Waals surface area contributed by atoms with Gasteiger partial charge in [0.25, 0.3) is 0 Å². The SMILES string of the molecule is NC(=S)N/N=C/c1cc(F)c(N2CCC(NCc3c(Cl)cccc3Cl)CC2)cc1F. The molecular formula is C20H21Cl2F2N5S. The summed E-state index contributed by atoms with van der Waals surface area (Å²) in [6, 6.07) is 7.95. The molecule has 10 heteroatoms. The topological polar surface area (TPSA) is 65.7 Å². The van der Waals surface area contributed by atoms with Crippen LogP contribution in [0.1, 0.15) is 24.0 Å². The van der Waals surface area contributed by atoms with Crippen LogP contribution in [0.3, 0.4) is 0 Å². The van der Waals surface area contributed by atoms with Crippen molar-refractivity contribution >= 4 is 52.4 Å². The van der Waals surface area contributed by atoms with Gasteiger partial charge in [-0.25, -0.2) is 8.78 Å². The van der Waals surface area contributed by atoms with Gasteiger partial charge >= 0.3 is 0 Å². The van der Waals surface area contributed by atoms with Gasteiger partial charge in [0.05, 0.1) is 11.9 Å². The van der Waals surface area contributed by atoms with Crippen molar-refractivity contribution in [1.29, 1.82) is 0 Å². The lowest BCUT2D eigenvalue weighted by molar-refractivity contribution is 0.411. The van der Waals surface area contributed by atoms with Crippen LogP contribution in [0.4, 0.5) is 14.5 Å². The molecule has 1 fully saturated rings. The molecule has 30 heavy (non-hydrogen) atoms. The second kappa shape index (κ2) is 10.3. The van der Waals surface area contributed by atoms with Crippen molar-refractivity contribution in [2.45, 2.75) is 25.4 Å². The lowest BCUT2D eigenvalue weighted by Gasteiger charge is -2.34. The van der Waals surface area contributed by atoms with Crippen LogP contribution in [-0.4, -0.2) is 30.5 Å². The molecule has 160 valence electrons. The highest BCUT2D eigenvalue weighted by Crippen LogP contribution is 2.27. The highest BCUT2D eigenvalue weighted by Gasteiger charge is 2.22. The van der Waals surface area contributed by atoms with Crippen LogP contribution in [0.2, 0.25) is 10.0 Å². The first-order chi connectivity index (χ1) is 14.3. The molecule has 0 amide bonds. The van der Waals surface area contributed by atoms with E-state index in [9.17, 15) is 8.78 Å². The molecule has 4 N–H and O–H groups in total. The van der Waals surface area contributed by atoms with E-state index in [1.54, 1.807) is 18.2 Å². The Morgan fingerprint density at radius 2 is 1.87 bits per heavy atom. The van der Waals surface area contributed by atoms with E-state index in [1.165, 1.54) is 6.07 Å². The molecule has 2 aromatic rings. The maximum Gasteiger partial charge on any atom is 0.184 e. The number of halogens is 4. The summed E-state index contributed by atoms with van der Waals surface area (Å²) in [7, 11) is 0. The first kappa shape index (κ1) is 22.7. The quantitative estimate of drug-likeness (QED) is 0.334. The number of nitrogens with two attached hydrogens (primary N) is 1. The number of benzene rings is 2. The first-order valence-corrected chi connectivity index (χ1v) is 10.5. The second-order valence-electron chi connectivity index (χ2n) is 6.90. The van der Waals surface area contributed by atoms with Gasteiger partial charge < -0.3 is 16.0 Å². The minimum Gasteiger partial charge on any atom is -0.375 e. The van der Waals surface area contributed by atoms with Crippen molar-refractivity contribution < 1.29 is 8.78 Å². The fourth-order valence-corrected chi connectivity index (χ4v) is 3.91. The molecule has 0 bridgehead atoms. The summed E-state index contributed by atoms with van der Waals surface area (Å²) in [6.45, 7) is 1.75. The van der Waals surface area contributed by atoms with E-state index in [4.69, 9.17) is 28.9 Å². The number of nitrogens with zero attached hydrogens (tertiary/aromatic N) is 2. The molecule has 0 aromatic heterocycles. The number of thiocarbonyl (C=S) groups is 1. The van der Waals surface area contributed by atoms with Gasteiger partial charge in [-0.3, -0.25) is 5.43 Å². The van der Waals surface area contributed by atoms with Crippen LogP contribution in [-0.2, 0) is 6.54 Å². The highest BCUT2D eigenvalue weighted by molar-refractivity contribution is 7.80. The predicted molar refractivity (Wildman–Crippen MR) is 122 cm³/mol. The van der Waals surface area contributed by atoms with Crippen LogP contribution in [0.15, 0.2) is 35.4 Å². The third-order valence-corrected chi connectivity index (χ3v) is 5.71. The Labute approximate surface area is 189 Å². The zero-order valence-electron chi connectivity index (χ0n) is 16.0. The normalized spacial score (nSPS) is 15.0. The van der Waals surface area contributed by atoms with Crippen LogP contribution in [0, 0.1) is 11.6 Å². The Morgan fingerprint density at radius 3 is 2.50 bits per heavy atom. The first-order valence-electron chi connectivity index (χ1n) is 9.34. The number of hydrogen-bond donors (Lipinski definition) is 3. The molecule has 1 aliphatic rings. The predicted octanol–water partition coefficient (Wildman–Crippen LogP) is 4.20. The molecular weight excluding hydrogens is 451 g/mol. The average Bonchev–Trinajstić information content (AvgIpc) is 2.70. The van der Waals surface area contributed by atoms with E-state index in [-0.39, 0.29) is 22.4 Å². The van der Waals surface area contributed by atoms with Gasteiger partial charge in [0.15, 0.2) is 5.11 Å². The van der Waals surface area contributed by atoms with Crippen molar-refractivity contribution in [3.05, 3.63) is 63.1 Å². The number of rotatable bonds is 6. The summed E-state index contributed by atoms with van der Waals surface area (Å²) in [5.74, 6) is -1.09. The fourth-order valence-electron chi connectivity index (χ4n) is 3.33. The van der Waals surface area contributed by atoms with Crippen LogP contribution >= 0.6 is 35.4 Å². The van der Waals surface area contributed by atoms with Gasteiger partial charge in [-0.2, -0.15) is 5.10 Å². The Kier molecular flexibility index (Phi) is 7.82. The van der Waals surface area contributed by atoms with E-state index >= 15 is 0 Å². The molecule has 5 nitrogen and oxygen atoms in total. The van der Waals surface area contributed by atoms with E-state index in [0.717, 1.165) is 30.7 Å². The lowest BCUT2D eigenvalue weighted by Crippen LogP contribution is -2.42. The zero-order valence-corrected chi connectivity index (χ0v) is 18.3. The van der Waals surface area contributed by atoms with E-state index in [2.05, 4.69) is 28.1 Å². The molecule has 2 aromatic carbocycles. The number of piperidine rings is 1.